The summed E-state index contributed by atoms with van der Waals surface area (Å²) in [5, 5.41) is 3.42. The van der Waals surface area contributed by atoms with Gasteiger partial charge < -0.3 is 5.32 Å². The van der Waals surface area contributed by atoms with E-state index in [2.05, 4.69) is 40.3 Å². The van der Waals surface area contributed by atoms with Crippen LogP contribution in [0.5, 0.6) is 0 Å². The molecule has 0 bridgehead atoms. The third kappa shape index (κ3) is 5.77. The van der Waals surface area contributed by atoms with Crippen LogP contribution in [-0.2, 0) is 17.3 Å². The molecule has 0 radical (unpaired) electrons. The lowest BCUT2D eigenvalue weighted by Gasteiger charge is -2.12. The molecule has 0 amide bonds. The van der Waals surface area contributed by atoms with Crippen LogP contribution >= 0.6 is 15.9 Å². The molecule has 0 heterocycles. The Morgan fingerprint density at radius 2 is 2.00 bits per heavy atom. The van der Waals surface area contributed by atoms with E-state index in [1.54, 1.807) is 6.26 Å². The standard InChI is InChI=1S/C12H18BrNOS/c1-10(7-8-16(2)15)14-9-11-3-5-12(13)6-4-11/h3-6,10,14H,7-9H2,1-2H3. The first-order valence-corrected chi connectivity index (χ1v) is 7.88. The van der Waals surface area contributed by atoms with Gasteiger partial charge in [0.1, 0.15) is 0 Å². The highest BCUT2D eigenvalue weighted by molar-refractivity contribution is 9.10. The summed E-state index contributed by atoms with van der Waals surface area (Å²) in [6, 6.07) is 8.70. The largest absolute Gasteiger partial charge is 0.310 e. The van der Waals surface area contributed by atoms with Crippen molar-refractivity contribution in [3.8, 4) is 0 Å². The SMILES string of the molecule is CC(CCS(C)=O)NCc1ccc(Br)cc1. The first-order valence-electron chi connectivity index (χ1n) is 5.36. The Morgan fingerprint density at radius 3 is 2.56 bits per heavy atom. The molecule has 2 atom stereocenters. The Kier molecular flexibility index (Phi) is 6.24. The van der Waals surface area contributed by atoms with E-state index in [1.165, 1.54) is 5.56 Å². The lowest BCUT2D eigenvalue weighted by molar-refractivity contribution is 0.535. The van der Waals surface area contributed by atoms with Crippen LogP contribution in [0, 0.1) is 0 Å². The molecule has 0 saturated carbocycles. The van der Waals surface area contributed by atoms with E-state index in [9.17, 15) is 4.21 Å². The van der Waals surface area contributed by atoms with E-state index in [4.69, 9.17) is 0 Å². The quantitative estimate of drug-likeness (QED) is 0.875. The Labute approximate surface area is 108 Å². The molecule has 0 aliphatic heterocycles. The third-order valence-corrected chi connectivity index (χ3v) is 3.75. The molecule has 1 aromatic rings. The number of hydrogen-bond acceptors (Lipinski definition) is 2. The Morgan fingerprint density at radius 1 is 1.38 bits per heavy atom. The fourth-order valence-corrected chi connectivity index (χ4v) is 2.29. The minimum absolute atomic E-state index is 0.410. The molecule has 2 unspecified atom stereocenters. The molecule has 90 valence electrons. The lowest BCUT2D eigenvalue weighted by atomic mass is 10.2. The van der Waals surface area contributed by atoms with Crippen LogP contribution < -0.4 is 5.32 Å². The maximum absolute atomic E-state index is 10.9. The molecular weight excluding hydrogens is 286 g/mol. The van der Waals surface area contributed by atoms with Gasteiger partial charge in [0.05, 0.1) is 0 Å². The fourth-order valence-electron chi connectivity index (χ4n) is 1.34. The highest BCUT2D eigenvalue weighted by Gasteiger charge is 2.02. The fraction of sp³-hybridized carbons (Fsp3) is 0.500. The van der Waals surface area contributed by atoms with Gasteiger partial charge in [-0.1, -0.05) is 28.1 Å². The highest BCUT2D eigenvalue weighted by Crippen LogP contribution is 2.10. The van der Waals surface area contributed by atoms with Crippen molar-refractivity contribution in [3.05, 3.63) is 34.3 Å². The molecule has 1 N–H and O–H groups in total. The molecule has 4 heteroatoms. The number of rotatable bonds is 6. The summed E-state index contributed by atoms with van der Waals surface area (Å²) in [5.41, 5.74) is 1.27. The monoisotopic (exact) mass is 303 g/mol. The molecule has 0 aliphatic carbocycles. The van der Waals surface area contributed by atoms with Crippen molar-refractivity contribution in [1.29, 1.82) is 0 Å². The van der Waals surface area contributed by atoms with E-state index in [1.807, 2.05) is 12.1 Å². The average Bonchev–Trinajstić information content (AvgIpc) is 2.25. The van der Waals surface area contributed by atoms with Crippen molar-refractivity contribution in [2.24, 2.45) is 0 Å². The van der Waals surface area contributed by atoms with Gasteiger partial charge in [0.2, 0.25) is 0 Å². The third-order valence-electron chi connectivity index (χ3n) is 2.41. The zero-order valence-electron chi connectivity index (χ0n) is 9.70. The zero-order chi connectivity index (χ0) is 12.0. The van der Waals surface area contributed by atoms with Crippen molar-refractivity contribution in [2.45, 2.75) is 25.9 Å². The predicted molar refractivity (Wildman–Crippen MR) is 74.0 cm³/mol. The molecule has 0 aliphatic rings. The summed E-state index contributed by atoms with van der Waals surface area (Å²) in [6.45, 7) is 3.00. The molecular formula is C12H18BrNOS. The molecule has 1 aromatic carbocycles. The van der Waals surface area contributed by atoms with Gasteiger partial charge in [-0.3, -0.25) is 4.21 Å². The van der Waals surface area contributed by atoms with E-state index in [-0.39, 0.29) is 0 Å². The molecule has 0 spiro atoms. The smallest absolute Gasteiger partial charge is 0.0246 e. The maximum Gasteiger partial charge on any atom is 0.0246 e. The lowest BCUT2D eigenvalue weighted by Crippen LogP contribution is -2.26. The number of halogens is 1. The predicted octanol–water partition coefficient (Wildman–Crippen LogP) is 2.70. The van der Waals surface area contributed by atoms with E-state index in [0.29, 0.717) is 6.04 Å². The van der Waals surface area contributed by atoms with Crippen molar-refractivity contribution >= 4 is 26.7 Å². The zero-order valence-corrected chi connectivity index (χ0v) is 12.1. The van der Waals surface area contributed by atoms with Crippen LogP contribution in [0.2, 0.25) is 0 Å². The number of nitrogens with one attached hydrogen (secondary N) is 1. The van der Waals surface area contributed by atoms with Gasteiger partial charge in [-0.2, -0.15) is 0 Å². The van der Waals surface area contributed by atoms with Crippen molar-refractivity contribution in [2.75, 3.05) is 12.0 Å². The van der Waals surface area contributed by atoms with Crippen molar-refractivity contribution in [3.63, 3.8) is 0 Å². The number of benzene rings is 1. The molecule has 0 aromatic heterocycles. The summed E-state index contributed by atoms with van der Waals surface area (Å²) < 4.78 is 12.0. The van der Waals surface area contributed by atoms with Gasteiger partial charge in [0.15, 0.2) is 0 Å². The minimum Gasteiger partial charge on any atom is -0.310 e. The highest BCUT2D eigenvalue weighted by atomic mass is 79.9. The van der Waals surface area contributed by atoms with Gasteiger partial charge in [-0.05, 0) is 31.0 Å². The minimum atomic E-state index is -0.684. The summed E-state index contributed by atoms with van der Waals surface area (Å²) in [6.07, 6.45) is 2.71. The van der Waals surface area contributed by atoms with Gasteiger partial charge in [-0.25, -0.2) is 0 Å². The number of hydrogen-bond donors (Lipinski definition) is 1. The maximum atomic E-state index is 10.9. The topological polar surface area (TPSA) is 29.1 Å². The molecule has 2 nitrogen and oxygen atoms in total. The second-order valence-electron chi connectivity index (χ2n) is 3.97. The van der Waals surface area contributed by atoms with E-state index < -0.39 is 10.8 Å². The molecule has 0 saturated heterocycles. The summed E-state index contributed by atoms with van der Waals surface area (Å²) >= 11 is 3.41. The first-order chi connectivity index (χ1) is 7.58. The van der Waals surface area contributed by atoms with Gasteiger partial charge in [0.25, 0.3) is 0 Å². The van der Waals surface area contributed by atoms with Crippen molar-refractivity contribution in [1.82, 2.24) is 5.32 Å². The van der Waals surface area contributed by atoms with Crippen LogP contribution in [0.15, 0.2) is 28.7 Å². The average molecular weight is 304 g/mol. The second-order valence-corrected chi connectivity index (χ2v) is 6.44. The van der Waals surface area contributed by atoms with Gasteiger partial charge >= 0.3 is 0 Å². The molecule has 16 heavy (non-hydrogen) atoms. The van der Waals surface area contributed by atoms with E-state index >= 15 is 0 Å². The van der Waals surface area contributed by atoms with Crippen LogP contribution in [0.25, 0.3) is 0 Å². The first kappa shape index (κ1) is 13.9. The normalized spacial score (nSPS) is 14.7. The summed E-state index contributed by atoms with van der Waals surface area (Å²) in [7, 11) is -0.684. The molecule has 1 rings (SSSR count). The van der Waals surface area contributed by atoms with Crippen LogP contribution in [0.1, 0.15) is 18.9 Å². The van der Waals surface area contributed by atoms with Gasteiger partial charge in [-0.15, -0.1) is 0 Å². The van der Waals surface area contributed by atoms with Crippen molar-refractivity contribution < 1.29 is 4.21 Å². The molecule has 0 fully saturated rings. The van der Waals surface area contributed by atoms with Crippen LogP contribution in [0.3, 0.4) is 0 Å². The summed E-state index contributed by atoms with van der Waals surface area (Å²) in [4.78, 5) is 0. The van der Waals surface area contributed by atoms with Crippen LogP contribution in [0.4, 0.5) is 0 Å². The Hall–Kier alpha value is -0.190. The summed E-state index contributed by atoms with van der Waals surface area (Å²) in [5.74, 6) is 0.772. The second kappa shape index (κ2) is 7.20. The Bertz CT molecular complexity index is 339. The van der Waals surface area contributed by atoms with Crippen LogP contribution in [-0.4, -0.2) is 22.3 Å². The van der Waals surface area contributed by atoms with E-state index in [0.717, 1.165) is 23.2 Å². The van der Waals surface area contributed by atoms with Gasteiger partial charge in [0, 0.05) is 39.9 Å². The Balaban J connectivity index is 2.28.